The second-order valence-electron chi connectivity index (χ2n) is 3.24. The molecule has 0 fully saturated rings. The molecule has 5 N–H and O–H groups in total. The molecule has 0 aliphatic heterocycles. The van der Waals surface area contributed by atoms with Crippen LogP contribution in [0, 0.1) is 0 Å². The molecule has 0 aromatic rings. The topological polar surface area (TPSA) is 139 Å². The smallest absolute Gasteiger partial charge is 0.326 e. The lowest BCUT2D eigenvalue weighted by molar-refractivity contribution is -0.140. The van der Waals surface area contributed by atoms with Crippen LogP contribution >= 0.6 is 0 Å². The van der Waals surface area contributed by atoms with E-state index in [9.17, 15) is 18.6 Å². The quantitative estimate of drug-likeness (QED) is 0.421. The summed E-state index contributed by atoms with van der Waals surface area (Å²) < 4.78 is 10.7. The fourth-order valence-corrected chi connectivity index (χ4v) is 1.31. The molecule has 0 bridgehead atoms. The van der Waals surface area contributed by atoms with Gasteiger partial charge in [0.25, 0.3) is 0 Å². The van der Waals surface area contributed by atoms with Crippen molar-refractivity contribution in [2.75, 3.05) is 18.6 Å². The van der Waals surface area contributed by atoms with E-state index >= 15 is 0 Å². The minimum absolute atomic E-state index is 0.151. The first-order valence-corrected chi connectivity index (χ1v) is 6.41. The molecule has 0 aliphatic carbocycles. The van der Waals surface area contributed by atoms with Crippen molar-refractivity contribution in [3.63, 3.8) is 0 Å². The highest BCUT2D eigenvalue weighted by atomic mass is 32.2. The second-order valence-corrected chi connectivity index (χ2v) is 4.79. The van der Waals surface area contributed by atoms with E-state index in [2.05, 4.69) is 10.6 Å². The standard InChI is InChI=1S/C8H15N3O5S/c1-17(16)3-2-10-8(15)11-5(7(13)14)4-6(9)12/h5H,2-4H2,1H3,(H2,9,12)(H,13,14)(H2,10,11,15)/t5-,17?/m0/s1. The SMILES string of the molecule is CS(=O)CCNC(=O)N[C@@H](CC(N)=O)C(=O)O. The number of amides is 3. The van der Waals surface area contributed by atoms with Crippen LogP contribution in [0.3, 0.4) is 0 Å². The molecule has 9 heteroatoms. The van der Waals surface area contributed by atoms with Crippen LogP contribution in [-0.2, 0) is 20.4 Å². The van der Waals surface area contributed by atoms with Crippen LogP contribution in [0.1, 0.15) is 6.42 Å². The Hall–Kier alpha value is -1.64. The molecule has 0 aliphatic rings. The minimum atomic E-state index is -1.36. The van der Waals surface area contributed by atoms with Gasteiger partial charge in [0, 0.05) is 29.4 Å². The van der Waals surface area contributed by atoms with E-state index in [1.54, 1.807) is 0 Å². The first-order valence-electron chi connectivity index (χ1n) is 4.68. The molecule has 2 atom stereocenters. The summed E-state index contributed by atoms with van der Waals surface area (Å²) in [5.41, 5.74) is 4.83. The molecule has 0 aromatic heterocycles. The number of urea groups is 1. The Labute approximate surface area is 100 Å². The van der Waals surface area contributed by atoms with E-state index in [1.165, 1.54) is 6.26 Å². The number of hydrogen-bond acceptors (Lipinski definition) is 4. The van der Waals surface area contributed by atoms with Crippen molar-refractivity contribution in [1.29, 1.82) is 0 Å². The van der Waals surface area contributed by atoms with Gasteiger partial charge in [0.1, 0.15) is 6.04 Å². The van der Waals surface area contributed by atoms with E-state index in [0.29, 0.717) is 0 Å². The highest BCUT2D eigenvalue weighted by Crippen LogP contribution is 1.91. The van der Waals surface area contributed by atoms with Gasteiger partial charge in [-0.3, -0.25) is 9.00 Å². The lowest BCUT2D eigenvalue weighted by Gasteiger charge is -2.13. The monoisotopic (exact) mass is 265 g/mol. The number of carboxylic acids is 1. The summed E-state index contributed by atoms with van der Waals surface area (Å²) in [5.74, 6) is -1.91. The van der Waals surface area contributed by atoms with E-state index in [-0.39, 0.29) is 12.3 Å². The number of carboxylic acid groups (broad SMARTS) is 1. The molecule has 0 radical (unpaired) electrons. The van der Waals surface area contributed by atoms with Gasteiger partial charge < -0.3 is 21.5 Å². The van der Waals surface area contributed by atoms with Crippen molar-refractivity contribution < 1.29 is 23.7 Å². The van der Waals surface area contributed by atoms with Crippen molar-refractivity contribution in [3.8, 4) is 0 Å². The van der Waals surface area contributed by atoms with Crippen molar-refractivity contribution in [2.24, 2.45) is 5.73 Å². The van der Waals surface area contributed by atoms with Gasteiger partial charge in [-0.1, -0.05) is 0 Å². The fourth-order valence-electron chi connectivity index (χ4n) is 0.919. The van der Waals surface area contributed by atoms with Gasteiger partial charge in [-0.15, -0.1) is 0 Å². The summed E-state index contributed by atoms with van der Waals surface area (Å²) in [7, 11) is -1.05. The molecule has 17 heavy (non-hydrogen) atoms. The molecular formula is C8H15N3O5S. The molecule has 98 valence electrons. The minimum Gasteiger partial charge on any atom is -0.480 e. The number of nitrogens with two attached hydrogens (primary N) is 1. The first kappa shape index (κ1) is 15.4. The van der Waals surface area contributed by atoms with Crippen LogP contribution in [0.5, 0.6) is 0 Å². The predicted molar refractivity (Wildman–Crippen MR) is 60.7 cm³/mol. The average molecular weight is 265 g/mol. The summed E-state index contributed by atoms with van der Waals surface area (Å²) in [5, 5.41) is 13.1. The molecular weight excluding hydrogens is 250 g/mol. The van der Waals surface area contributed by atoms with Gasteiger partial charge in [0.05, 0.1) is 6.42 Å². The van der Waals surface area contributed by atoms with E-state index < -0.39 is 41.2 Å². The van der Waals surface area contributed by atoms with Gasteiger partial charge in [0.15, 0.2) is 0 Å². The lowest BCUT2D eigenvalue weighted by Crippen LogP contribution is -2.48. The second kappa shape index (κ2) is 7.60. The summed E-state index contributed by atoms with van der Waals surface area (Å²) in [6, 6.07) is -2.11. The van der Waals surface area contributed by atoms with Crippen LogP contribution in [0.4, 0.5) is 4.79 Å². The predicted octanol–water partition coefficient (Wildman–Crippen LogP) is -2.01. The van der Waals surface area contributed by atoms with Gasteiger partial charge in [-0.25, -0.2) is 9.59 Å². The summed E-state index contributed by atoms with van der Waals surface area (Å²) in [6.45, 7) is 0.151. The maximum atomic E-state index is 11.2. The van der Waals surface area contributed by atoms with E-state index in [0.717, 1.165) is 0 Å². The van der Waals surface area contributed by atoms with Crippen LogP contribution in [0.2, 0.25) is 0 Å². The number of nitrogens with one attached hydrogen (secondary N) is 2. The molecule has 0 saturated carbocycles. The number of aliphatic carboxylic acids is 1. The van der Waals surface area contributed by atoms with Gasteiger partial charge in [0.2, 0.25) is 5.91 Å². The average Bonchev–Trinajstić information content (AvgIpc) is 2.15. The van der Waals surface area contributed by atoms with Gasteiger partial charge in [-0.05, 0) is 0 Å². The van der Waals surface area contributed by atoms with Crippen molar-refractivity contribution in [2.45, 2.75) is 12.5 Å². The van der Waals surface area contributed by atoms with E-state index in [4.69, 9.17) is 10.8 Å². The molecule has 0 saturated heterocycles. The molecule has 3 amide bonds. The number of carbonyl (C=O) groups excluding carboxylic acids is 2. The zero-order chi connectivity index (χ0) is 13.4. The van der Waals surface area contributed by atoms with Crippen LogP contribution in [-0.4, -0.2) is 51.8 Å². The normalized spacial score (nSPS) is 13.5. The van der Waals surface area contributed by atoms with Gasteiger partial charge in [-0.2, -0.15) is 0 Å². The first-order chi connectivity index (χ1) is 7.82. The lowest BCUT2D eigenvalue weighted by atomic mass is 10.2. The molecule has 1 unspecified atom stereocenters. The maximum absolute atomic E-state index is 11.2. The Morgan fingerprint density at radius 2 is 2.00 bits per heavy atom. The Morgan fingerprint density at radius 1 is 1.41 bits per heavy atom. The number of carbonyl (C=O) groups is 3. The number of rotatable bonds is 7. The highest BCUT2D eigenvalue weighted by molar-refractivity contribution is 7.84. The highest BCUT2D eigenvalue weighted by Gasteiger charge is 2.21. The van der Waals surface area contributed by atoms with Crippen LogP contribution in [0.15, 0.2) is 0 Å². The van der Waals surface area contributed by atoms with Crippen molar-refractivity contribution in [1.82, 2.24) is 10.6 Å². The third-order valence-electron chi connectivity index (χ3n) is 1.68. The third kappa shape index (κ3) is 8.20. The molecule has 0 spiro atoms. The fraction of sp³-hybridized carbons (Fsp3) is 0.625. The Bertz CT molecular complexity index is 333. The maximum Gasteiger partial charge on any atom is 0.326 e. The number of primary amides is 1. The number of hydrogen-bond donors (Lipinski definition) is 4. The molecule has 8 nitrogen and oxygen atoms in total. The van der Waals surface area contributed by atoms with Crippen molar-refractivity contribution >= 4 is 28.7 Å². The Balaban J connectivity index is 4.08. The zero-order valence-electron chi connectivity index (χ0n) is 9.26. The largest absolute Gasteiger partial charge is 0.480 e. The summed E-state index contributed by atoms with van der Waals surface area (Å²) >= 11 is 0. The van der Waals surface area contributed by atoms with E-state index in [1.807, 2.05) is 0 Å². The molecule has 0 heterocycles. The summed E-state index contributed by atoms with van der Waals surface area (Å²) in [6.07, 6.45) is 0.995. The zero-order valence-corrected chi connectivity index (χ0v) is 10.1. The van der Waals surface area contributed by atoms with Gasteiger partial charge >= 0.3 is 12.0 Å². The van der Waals surface area contributed by atoms with Crippen LogP contribution < -0.4 is 16.4 Å². The van der Waals surface area contributed by atoms with Crippen molar-refractivity contribution in [3.05, 3.63) is 0 Å². The van der Waals surface area contributed by atoms with Crippen LogP contribution in [0.25, 0.3) is 0 Å². The Kier molecular flexibility index (Phi) is 6.87. The third-order valence-corrected chi connectivity index (χ3v) is 2.46. The Morgan fingerprint density at radius 3 is 2.41 bits per heavy atom. The molecule has 0 aromatic carbocycles. The summed E-state index contributed by atoms with van der Waals surface area (Å²) in [4.78, 5) is 32.4. The molecule has 0 rings (SSSR count).